The van der Waals surface area contributed by atoms with Crippen molar-refractivity contribution >= 4 is 30.0 Å². The number of aromatic nitrogens is 3. The van der Waals surface area contributed by atoms with E-state index in [2.05, 4.69) is 15.1 Å². The van der Waals surface area contributed by atoms with Crippen LogP contribution in [-0.2, 0) is 22.6 Å². The minimum Gasteiger partial charge on any atom is -0.445 e. The van der Waals surface area contributed by atoms with Crippen molar-refractivity contribution in [3.05, 3.63) is 71.8 Å². The molecule has 3 heterocycles. The fraction of sp³-hybridized carbons (Fsp3) is 0.452. The van der Waals surface area contributed by atoms with Gasteiger partial charge in [0.05, 0.1) is 0 Å². The molecule has 1 aromatic heterocycles. The molecule has 2 aromatic carbocycles. The van der Waals surface area contributed by atoms with E-state index in [1.807, 2.05) is 81.4 Å². The van der Waals surface area contributed by atoms with Crippen molar-refractivity contribution < 1.29 is 19.1 Å². The maximum Gasteiger partial charge on any atom is 0.410 e. The van der Waals surface area contributed by atoms with Gasteiger partial charge in [0.1, 0.15) is 12.2 Å². The van der Waals surface area contributed by atoms with Crippen LogP contribution in [0.1, 0.15) is 31.9 Å². The summed E-state index contributed by atoms with van der Waals surface area (Å²) in [5.41, 5.74) is 1.52. The highest BCUT2D eigenvalue weighted by Crippen LogP contribution is 2.21. The molecule has 0 saturated carbocycles. The van der Waals surface area contributed by atoms with Crippen LogP contribution < -0.4 is 15.1 Å². The van der Waals surface area contributed by atoms with E-state index in [0.717, 1.165) is 11.1 Å². The van der Waals surface area contributed by atoms with Gasteiger partial charge >= 0.3 is 12.2 Å². The molecule has 43 heavy (non-hydrogen) atoms. The second-order valence-electron chi connectivity index (χ2n) is 11.6. The number of carbonyl (C=O) groups is 2. The normalized spacial score (nSPS) is 15.7. The summed E-state index contributed by atoms with van der Waals surface area (Å²) in [6.45, 7) is 10.7. The summed E-state index contributed by atoms with van der Waals surface area (Å²) >= 11 is 0. The SMILES string of the molecule is CC(C)(C)OC(=O)N1CCN(c2nc(NCc3ccccc3)nc(N3CCN(C(=O)OCc4ccccc4)CC3)n2)CC1. The molecule has 0 radical (unpaired) electrons. The molecular weight excluding hydrogens is 548 g/mol. The van der Waals surface area contributed by atoms with Gasteiger partial charge in [-0.3, -0.25) is 0 Å². The van der Waals surface area contributed by atoms with Crippen molar-refractivity contribution in [2.24, 2.45) is 0 Å². The van der Waals surface area contributed by atoms with E-state index in [0.29, 0.717) is 76.7 Å². The van der Waals surface area contributed by atoms with E-state index in [1.165, 1.54) is 0 Å². The van der Waals surface area contributed by atoms with Gasteiger partial charge in [-0.05, 0) is 31.9 Å². The van der Waals surface area contributed by atoms with Crippen LogP contribution >= 0.6 is 0 Å². The molecule has 3 aromatic rings. The second kappa shape index (κ2) is 13.6. The molecule has 12 heteroatoms. The molecule has 228 valence electrons. The van der Waals surface area contributed by atoms with Crippen molar-refractivity contribution in [3.63, 3.8) is 0 Å². The number of rotatable bonds is 7. The Bertz CT molecular complexity index is 1350. The number of anilines is 3. The van der Waals surface area contributed by atoms with Crippen LogP contribution in [0.3, 0.4) is 0 Å². The molecule has 0 aliphatic carbocycles. The lowest BCUT2D eigenvalue weighted by molar-refractivity contribution is 0.0240. The lowest BCUT2D eigenvalue weighted by atomic mass is 10.2. The van der Waals surface area contributed by atoms with E-state index >= 15 is 0 Å². The number of piperazine rings is 2. The highest BCUT2D eigenvalue weighted by molar-refractivity contribution is 5.69. The summed E-state index contributed by atoms with van der Waals surface area (Å²) in [6.07, 6.45) is -0.637. The van der Waals surface area contributed by atoms with Crippen LogP contribution in [0.2, 0.25) is 0 Å². The van der Waals surface area contributed by atoms with Gasteiger partial charge < -0.3 is 34.4 Å². The lowest BCUT2D eigenvalue weighted by Gasteiger charge is -2.36. The predicted molar refractivity (Wildman–Crippen MR) is 164 cm³/mol. The van der Waals surface area contributed by atoms with E-state index in [-0.39, 0.29) is 18.8 Å². The number of nitrogens with zero attached hydrogens (tertiary/aromatic N) is 7. The van der Waals surface area contributed by atoms with Crippen molar-refractivity contribution in [2.75, 3.05) is 67.5 Å². The molecule has 2 fully saturated rings. The van der Waals surface area contributed by atoms with Crippen molar-refractivity contribution in [1.29, 1.82) is 0 Å². The Morgan fingerprint density at radius 1 is 0.698 bits per heavy atom. The number of hydrogen-bond acceptors (Lipinski definition) is 10. The average Bonchev–Trinajstić information content (AvgIpc) is 3.03. The highest BCUT2D eigenvalue weighted by Gasteiger charge is 2.29. The first kappa shape index (κ1) is 29.9. The highest BCUT2D eigenvalue weighted by atomic mass is 16.6. The van der Waals surface area contributed by atoms with Gasteiger partial charge in [0.25, 0.3) is 0 Å². The zero-order chi connectivity index (χ0) is 30.2. The van der Waals surface area contributed by atoms with Crippen LogP contribution in [0, 0.1) is 0 Å². The minimum atomic E-state index is -0.542. The van der Waals surface area contributed by atoms with E-state index in [9.17, 15) is 9.59 Å². The number of carbonyl (C=O) groups excluding carboxylic acids is 2. The molecule has 5 rings (SSSR count). The molecule has 2 saturated heterocycles. The third kappa shape index (κ3) is 8.46. The Hall–Kier alpha value is -4.61. The van der Waals surface area contributed by atoms with Gasteiger partial charge in [-0.25, -0.2) is 9.59 Å². The zero-order valence-electron chi connectivity index (χ0n) is 25.1. The Labute approximate surface area is 252 Å². The van der Waals surface area contributed by atoms with Crippen LogP contribution in [-0.4, -0.2) is 94.9 Å². The molecule has 1 N–H and O–H groups in total. The van der Waals surface area contributed by atoms with E-state index in [4.69, 9.17) is 24.4 Å². The lowest BCUT2D eigenvalue weighted by Crippen LogP contribution is -2.51. The fourth-order valence-corrected chi connectivity index (χ4v) is 4.81. The summed E-state index contributed by atoms with van der Waals surface area (Å²) in [5.74, 6) is 1.57. The molecule has 12 nitrogen and oxygen atoms in total. The third-order valence-electron chi connectivity index (χ3n) is 7.15. The average molecular weight is 589 g/mol. The summed E-state index contributed by atoms with van der Waals surface area (Å²) in [6, 6.07) is 19.7. The van der Waals surface area contributed by atoms with Crippen LogP contribution in [0.25, 0.3) is 0 Å². The quantitative estimate of drug-likeness (QED) is 0.434. The molecule has 0 spiro atoms. The predicted octanol–water partition coefficient (Wildman–Crippen LogP) is 4.00. The van der Waals surface area contributed by atoms with Crippen molar-refractivity contribution in [2.45, 2.75) is 39.5 Å². The molecule has 0 atom stereocenters. The van der Waals surface area contributed by atoms with Crippen LogP contribution in [0.5, 0.6) is 0 Å². The summed E-state index contributed by atoms with van der Waals surface area (Å²) in [5, 5.41) is 3.35. The summed E-state index contributed by atoms with van der Waals surface area (Å²) in [4.78, 5) is 47.1. The Kier molecular flexibility index (Phi) is 9.43. The Morgan fingerprint density at radius 2 is 1.19 bits per heavy atom. The molecule has 2 aliphatic rings. The maximum absolute atomic E-state index is 12.7. The molecular formula is C31H40N8O4. The first-order chi connectivity index (χ1) is 20.7. The van der Waals surface area contributed by atoms with Gasteiger partial charge in [-0.15, -0.1) is 0 Å². The fourth-order valence-electron chi connectivity index (χ4n) is 4.81. The number of benzene rings is 2. The Balaban J connectivity index is 1.24. The van der Waals surface area contributed by atoms with Crippen molar-refractivity contribution in [1.82, 2.24) is 24.8 Å². The zero-order valence-corrected chi connectivity index (χ0v) is 25.1. The monoisotopic (exact) mass is 588 g/mol. The number of hydrogen-bond donors (Lipinski definition) is 1. The van der Waals surface area contributed by atoms with Crippen LogP contribution in [0.15, 0.2) is 60.7 Å². The Morgan fingerprint density at radius 3 is 1.70 bits per heavy atom. The molecule has 2 aliphatic heterocycles. The molecule has 0 unspecified atom stereocenters. The van der Waals surface area contributed by atoms with Crippen LogP contribution in [0.4, 0.5) is 27.4 Å². The minimum absolute atomic E-state index is 0.244. The largest absolute Gasteiger partial charge is 0.445 e. The number of amides is 2. The van der Waals surface area contributed by atoms with Gasteiger partial charge in [-0.1, -0.05) is 60.7 Å². The molecule has 0 bridgehead atoms. The van der Waals surface area contributed by atoms with E-state index < -0.39 is 5.60 Å². The number of nitrogens with one attached hydrogen (secondary N) is 1. The smallest absolute Gasteiger partial charge is 0.410 e. The van der Waals surface area contributed by atoms with E-state index in [1.54, 1.807) is 9.80 Å². The van der Waals surface area contributed by atoms with Gasteiger partial charge in [-0.2, -0.15) is 15.0 Å². The topological polar surface area (TPSA) is 116 Å². The summed E-state index contributed by atoms with van der Waals surface area (Å²) in [7, 11) is 0. The van der Waals surface area contributed by atoms with Crippen molar-refractivity contribution in [3.8, 4) is 0 Å². The second-order valence-corrected chi connectivity index (χ2v) is 11.6. The summed E-state index contributed by atoms with van der Waals surface area (Å²) < 4.78 is 11.1. The van der Waals surface area contributed by atoms with Gasteiger partial charge in [0.2, 0.25) is 17.8 Å². The first-order valence-electron chi connectivity index (χ1n) is 14.7. The standard InChI is InChI=1S/C31H40N8O4/c1-31(2,3)43-30(41)39-20-16-37(17-21-39)28-34-26(32-22-24-10-6-4-7-11-24)33-27(35-28)36-14-18-38(19-15-36)29(40)42-23-25-12-8-5-9-13-25/h4-13H,14-23H2,1-3H3,(H,32,33,34,35). The third-order valence-corrected chi connectivity index (χ3v) is 7.15. The maximum atomic E-state index is 12.7. The first-order valence-corrected chi connectivity index (χ1v) is 14.7. The van der Waals surface area contributed by atoms with Gasteiger partial charge in [0.15, 0.2) is 0 Å². The molecule has 2 amide bonds. The van der Waals surface area contributed by atoms with Gasteiger partial charge in [0, 0.05) is 58.9 Å². The number of ether oxygens (including phenoxy) is 2.